The van der Waals surface area contributed by atoms with Crippen LogP contribution in [0.25, 0.3) is 0 Å². The fourth-order valence-corrected chi connectivity index (χ4v) is 3.26. The standard InChI is InChI=1S/C18H18BrClFN3/c19-16-3-6-18(21)15(11-16)12-22-24-9-7-23(8-10-24)13-14-1-4-17(20)5-2-14/h1-6,11-12H,7-10,13H2/p+1/b22-12-. The average Bonchev–Trinajstić information content (AvgIpc) is 2.59. The summed E-state index contributed by atoms with van der Waals surface area (Å²) in [5.74, 6) is -0.256. The lowest BCUT2D eigenvalue weighted by molar-refractivity contribution is -0.918. The monoisotopic (exact) mass is 410 g/mol. The van der Waals surface area contributed by atoms with Crippen molar-refractivity contribution in [3.63, 3.8) is 0 Å². The molecule has 126 valence electrons. The lowest BCUT2D eigenvalue weighted by atomic mass is 10.2. The Balaban J connectivity index is 1.52. The molecule has 1 fully saturated rings. The van der Waals surface area contributed by atoms with Gasteiger partial charge in [0.15, 0.2) is 0 Å². The molecule has 1 N–H and O–H groups in total. The summed E-state index contributed by atoms with van der Waals surface area (Å²) in [6.45, 7) is 4.76. The second-order valence-electron chi connectivity index (χ2n) is 5.92. The van der Waals surface area contributed by atoms with Crippen LogP contribution in [0.2, 0.25) is 5.02 Å². The van der Waals surface area contributed by atoms with Crippen molar-refractivity contribution in [1.29, 1.82) is 0 Å². The molecule has 0 aliphatic carbocycles. The zero-order valence-electron chi connectivity index (χ0n) is 13.2. The first-order valence-corrected chi connectivity index (χ1v) is 9.09. The highest BCUT2D eigenvalue weighted by Crippen LogP contribution is 2.14. The number of hydrazone groups is 1. The van der Waals surface area contributed by atoms with E-state index in [0.29, 0.717) is 5.56 Å². The van der Waals surface area contributed by atoms with E-state index in [2.05, 4.69) is 33.2 Å². The van der Waals surface area contributed by atoms with Crippen molar-refractivity contribution in [2.75, 3.05) is 26.2 Å². The second kappa shape index (κ2) is 8.10. The molecule has 0 bridgehead atoms. The Morgan fingerprint density at radius 1 is 1.17 bits per heavy atom. The maximum absolute atomic E-state index is 13.7. The van der Waals surface area contributed by atoms with Gasteiger partial charge in [-0.1, -0.05) is 39.7 Å². The molecule has 0 saturated carbocycles. The van der Waals surface area contributed by atoms with Crippen molar-refractivity contribution in [3.8, 4) is 0 Å². The van der Waals surface area contributed by atoms with Gasteiger partial charge < -0.3 is 4.90 Å². The van der Waals surface area contributed by atoms with Gasteiger partial charge in [0.1, 0.15) is 12.4 Å². The third-order valence-corrected chi connectivity index (χ3v) is 4.88. The minimum absolute atomic E-state index is 0.256. The highest BCUT2D eigenvalue weighted by molar-refractivity contribution is 9.10. The Morgan fingerprint density at radius 3 is 2.58 bits per heavy atom. The molecule has 24 heavy (non-hydrogen) atoms. The van der Waals surface area contributed by atoms with Crippen LogP contribution in [0, 0.1) is 5.82 Å². The molecule has 0 spiro atoms. The van der Waals surface area contributed by atoms with Crippen LogP contribution in [-0.4, -0.2) is 37.4 Å². The van der Waals surface area contributed by atoms with Gasteiger partial charge in [0.05, 0.1) is 32.4 Å². The van der Waals surface area contributed by atoms with Crippen molar-refractivity contribution in [2.45, 2.75) is 6.54 Å². The second-order valence-corrected chi connectivity index (χ2v) is 7.27. The normalized spacial score (nSPS) is 16.0. The lowest BCUT2D eigenvalue weighted by Crippen LogP contribution is -3.13. The highest BCUT2D eigenvalue weighted by atomic mass is 79.9. The molecule has 0 amide bonds. The number of nitrogens with zero attached hydrogens (tertiary/aromatic N) is 2. The maximum Gasteiger partial charge on any atom is 0.132 e. The van der Waals surface area contributed by atoms with Gasteiger partial charge in [-0.05, 0) is 30.3 Å². The van der Waals surface area contributed by atoms with E-state index >= 15 is 0 Å². The Kier molecular flexibility index (Phi) is 5.87. The third-order valence-electron chi connectivity index (χ3n) is 4.13. The van der Waals surface area contributed by atoms with Gasteiger partial charge in [0.25, 0.3) is 0 Å². The molecule has 3 rings (SSSR count). The maximum atomic E-state index is 13.7. The van der Waals surface area contributed by atoms with Gasteiger partial charge in [-0.3, -0.25) is 5.01 Å². The number of nitrogens with one attached hydrogen (secondary N) is 1. The van der Waals surface area contributed by atoms with Crippen LogP contribution in [-0.2, 0) is 6.54 Å². The molecular formula is C18H19BrClFN3+. The van der Waals surface area contributed by atoms with Crippen molar-refractivity contribution in [2.24, 2.45) is 5.10 Å². The van der Waals surface area contributed by atoms with E-state index in [0.717, 1.165) is 42.2 Å². The van der Waals surface area contributed by atoms with E-state index in [4.69, 9.17) is 11.6 Å². The van der Waals surface area contributed by atoms with Gasteiger partial charge in [-0.2, -0.15) is 5.10 Å². The number of halogens is 3. The van der Waals surface area contributed by atoms with Gasteiger partial charge in [-0.15, -0.1) is 0 Å². The summed E-state index contributed by atoms with van der Waals surface area (Å²) in [6, 6.07) is 12.9. The van der Waals surface area contributed by atoms with Crippen LogP contribution in [0.15, 0.2) is 52.0 Å². The zero-order chi connectivity index (χ0) is 16.9. The van der Waals surface area contributed by atoms with Crippen LogP contribution in [0.3, 0.4) is 0 Å². The first-order valence-electron chi connectivity index (χ1n) is 7.92. The van der Waals surface area contributed by atoms with E-state index in [1.807, 2.05) is 17.1 Å². The summed E-state index contributed by atoms with van der Waals surface area (Å²) >= 11 is 9.27. The predicted molar refractivity (Wildman–Crippen MR) is 99.1 cm³/mol. The largest absolute Gasteiger partial charge is 0.328 e. The number of hydrogen-bond acceptors (Lipinski definition) is 2. The molecule has 0 atom stereocenters. The number of rotatable bonds is 4. The van der Waals surface area contributed by atoms with Crippen molar-refractivity contribution in [3.05, 3.63) is 68.9 Å². The molecule has 2 aromatic carbocycles. The van der Waals surface area contributed by atoms with E-state index in [1.54, 1.807) is 18.3 Å². The van der Waals surface area contributed by atoms with Crippen LogP contribution < -0.4 is 4.90 Å². The predicted octanol–water partition coefficient (Wildman–Crippen LogP) is 2.98. The third kappa shape index (κ3) is 4.79. The number of hydrogen-bond donors (Lipinski definition) is 1. The fraction of sp³-hybridized carbons (Fsp3) is 0.278. The summed E-state index contributed by atoms with van der Waals surface area (Å²) in [4.78, 5) is 1.53. The van der Waals surface area contributed by atoms with E-state index in [9.17, 15) is 4.39 Å². The highest BCUT2D eigenvalue weighted by Gasteiger charge is 2.18. The summed E-state index contributed by atoms with van der Waals surface area (Å²) in [6.07, 6.45) is 1.60. The number of piperazine rings is 1. The van der Waals surface area contributed by atoms with E-state index in [-0.39, 0.29) is 5.82 Å². The van der Waals surface area contributed by atoms with Gasteiger partial charge in [-0.25, -0.2) is 4.39 Å². The molecule has 0 unspecified atom stereocenters. The van der Waals surface area contributed by atoms with Gasteiger partial charge >= 0.3 is 0 Å². The Labute approximate surface area is 154 Å². The molecule has 1 aliphatic heterocycles. The molecule has 3 nitrogen and oxygen atoms in total. The Hall–Kier alpha value is -1.43. The van der Waals surface area contributed by atoms with Crippen molar-refractivity contribution < 1.29 is 9.29 Å². The van der Waals surface area contributed by atoms with Gasteiger partial charge in [0.2, 0.25) is 0 Å². The zero-order valence-corrected chi connectivity index (χ0v) is 15.5. The van der Waals surface area contributed by atoms with E-state index in [1.165, 1.54) is 16.5 Å². The molecule has 2 aromatic rings. The van der Waals surface area contributed by atoms with Crippen LogP contribution >= 0.6 is 27.5 Å². The smallest absolute Gasteiger partial charge is 0.132 e. The molecular weight excluding hydrogens is 393 g/mol. The molecule has 0 aromatic heterocycles. The topological polar surface area (TPSA) is 20.0 Å². The fourth-order valence-electron chi connectivity index (χ4n) is 2.75. The van der Waals surface area contributed by atoms with Crippen LogP contribution in [0.4, 0.5) is 4.39 Å². The Bertz CT molecular complexity index is 713. The molecule has 1 heterocycles. The first-order chi connectivity index (χ1) is 11.6. The minimum Gasteiger partial charge on any atom is -0.328 e. The summed E-state index contributed by atoms with van der Waals surface area (Å²) < 4.78 is 14.6. The Morgan fingerprint density at radius 2 is 1.88 bits per heavy atom. The average molecular weight is 412 g/mol. The molecule has 6 heteroatoms. The van der Waals surface area contributed by atoms with Gasteiger partial charge in [0, 0.05) is 20.6 Å². The molecule has 1 saturated heterocycles. The summed E-state index contributed by atoms with van der Waals surface area (Å²) in [5.41, 5.74) is 1.79. The SMILES string of the molecule is Fc1ccc(Br)cc1/C=N\N1CC[NH+](Cc2ccc(Cl)cc2)CC1. The summed E-state index contributed by atoms with van der Waals surface area (Å²) in [7, 11) is 0. The molecule has 0 radical (unpaired) electrons. The summed E-state index contributed by atoms with van der Waals surface area (Å²) in [5, 5.41) is 7.20. The van der Waals surface area contributed by atoms with Crippen molar-refractivity contribution >= 4 is 33.7 Å². The van der Waals surface area contributed by atoms with E-state index < -0.39 is 0 Å². The van der Waals surface area contributed by atoms with Crippen molar-refractivity contribution in [1.82, 2.24) is 5.01 Å². The first kappa shape index (κ1) is 17.4. The molecule has 1 aliphatic rings. The minimum atomic E-state index is -0.256. The number of quaternary nitrogens is 1. The van der Waals surface area contributed by atoms with Crippen LogP contribution in [0.5, 0.6) is 0 Å². The lowest BCUT2D eigenvalue weighted by Gasteiger charge is -2.30. The number of benzene rings is 2. The van der Waals surface area contributed by atoms with Crippen LogP contribution in [0.1, 0.15) is 11.1 Å². The quantitative estimate of drug-likeness (QED) is 0.767.